The number of benzene rings is 2. The van der Waals surface area contributed by atoms with E-state index in [2.05, 4.69) is 5.16 Å². The lowest BCUT2D eigenvalue weighted by atomic mass is 10.1. The van der Waals surface area contributed by atoms with E-state index in [0.717, 1.165) is 17.4 Å². The van der Waals surface area contributed by atoms with Crippen LogP contribution in [0.3, 0.4) is 0 Å². The van der Waals surface area contributed by atoms with E-state index in [0.29, 0.717) is 29.6 Å². The lowest BCUT2D eigenvalue weighted by Crippen LogP contribution is -1.98. The van der Waals surface area contributed by atoms with Crippen LogP contribution in [-0.4, -0.2) is 16.9 Å². The van der Waals surface area contributed by atoms with Crippen LogP contribution in [0.1, 0.15) is 12.7 Å². The highest BCUT2D eigenvalue weighted by Gasteiger charge is 2.08. The molecule has 1 aromatic heterocycles. The molecule has 3 rings (SSSR count). The van der Waals surface area contributed by atoms with Crippen molar-refractivity contribution >= 4 is 0 Å². The first-order chi connectivity index (χ1) is 12.6. The van der Waals surface area contributed by atoms with Crippen molar-refractivity contribution in [2.24, 2.45) is 0 Å². The zero-order valence-corrected chi connectivity index (χ0v) is 14.2. The Labute approximate surface area is 150 Å². The summed E-state index contributed by atoms with van der Waals surface area (Å²) < 4.78 is 29.2. The fraction of sp³-hybridized carbons (Fsp3) is 0.150. The Kier molecular flexibility index (Phi) is 5.53. The van der Waals surface area contributed by atoms with Crippen LogP contribution in [0.2, 0.25) is 0 Å². The number of aromatic nitrogens is 1. The number of nitrogens with zero attached hydrogens (tertiary/aromatic N) is 1. The van der Waals surface area contributed by atoms with Crippen LogP contribution in [0.25, 0.3) is 11.3 Å². The molecule has 0 saturated heterocycles. The van der Waals surface area contributed by atoms with E-state index >= 15 is 0 Å². The Morgan fingerprint density at radius 3 is 2.42 bits per heavy atom. The maximum atomic E-state index is 12.9. The maximum absolute atomic E-state index is 12.9. The van der Waals surface area contributed by atoms with Crippen molar-refractivity contribution in [1.29, 1.82) is 0 Å². The monoisotopic (exact) mass is 355 g/mol. The molecule has 0 aliphatic rings. The Bertz CT molecular complexity index is 870. The molecule has 0 spiro atoms. The van der Waals surface area contributed by atoms with Crippen LogP contribution in [0.4, 0.5) is 4.39 Å². The maximum Gasteiger partial charge on any atom is 0.174 e. The molecule has 6 heteroatoms. The van der Waals surface area contributed by atoms with Gasteiger partial charge in [-0.1, -0.05) is 5.16 Å². The Hall–Kier alpha value is -3.28. The first kappa shape index (κ1) is 17.5. The van der Waals surface area contributed by atoms with Crippen LogP contribution in [0.15, 0.2) is 71.0 Å². The predicted octanol–water partition coefficient (Wildman–Crippen LogP) is 4.90. The molecule has 1 heterocycles. The van der Waals surface area contributed by atoms with E-state index in [1.165, 1.54) is 12.1 Å². The molecule has 134 valence electrons. The molecule has 2 aromatic carbocycles. The van der Waals surface area contributed by atoms with Crippen molar-refractivity contribution in [1.82, 2.24) is 5.16 Å². The summed E-state index contributed by atoms with van der Waals surface area (Å²) in [6.07, 6.45) is 1.03. The van der Waals surface area contributed by atoms with Crippen LogP contribution in [0, 0.1) is 5.82 Å². The van der Waals surface area contributed by atoms with Gasteiger partial charge in [0.2, 0.25) is 0 Å². The fourth-order valence-electron chi connectivity index (χ4n) is 2.16. The number of aliphatic hydroxyl groups is 1. The minimum atomic E-state index is -0.311. The van der Waals surface area contributed by atoms with E-state index in [9.17, 15) is 4.39 Å². The van der Waals surface area contributed by atoms with E-state index < -0.39 is 0 Å². The second-order valence-electron chi connectivity index (χ2n) is 5.71. The molecule has 0 fully saturated rings. The number of rotatable bonds is 7. The van der Waals surface area contributed by atoms with E-state index in [1.807, 2.05) is 24.3 Å². The minimum Gasteiger partial charge on any atom is -0.516 e. The molecule has 0 aliphatic heterocycles. The molecule has 0 bridgehead atoms. The summed E-state index contributed by atoms with van der Waals surface area (Å²) in [5, 5.41) is 12.9. The van der Waals surface area contributed by atoms with Crippen LogP contribution < -0.4 is 9.47 Å². The molecule has 1 N–H and O–H groups in total. The molecule has 5 nitrogen and oxygen atoms in total. The summed E-state index contributed by atoms with van der Waals surface area (Å²) in [5.74, 6) is 1.50. The summed E-state index contributed by atoms with van der Waals surface area (Å²) in [6, 6.07) is 15.0. The van der Waals surface area contributed by atoms with Gasteiger partial charge in [0.05, 0.1) is 6.26 Å². The topological polar surface area (TPSA) is 64.7 Å². The van der Waals surface area contributed by atoms with Gasteiger partial charge in [-0.3, -0.25) is 0 Å². The molecule has 26 heavy (non-hydrogen) atoms. The number of hydrogen-bond acceptors (Lipinski definition) is 5. The molecule has 0 saturated carbocycles. The summed E-state index contributed by atoms with van der Waals surface area (Å²) in [5.41, 5.74) is 2.29. The van der Waals surface area contributed by atoms with Crippen molar-refractivity contribution < 1.29 is 23.5 Å². The van der Waals surface area contributed by atoms with Crippen LogP contribution in [-0.2, 0) is 6.61 Å². The summed E-state index contributed by atoms with van der Waals surface area (Å²) in [4.78, 5) is 0. The highest BCUT2D eigenvalue weighted by Crippen LogP contribution is 2.23. The van der Waals surface area contributed by atoms with Gasteiger partial charge in [0.1, 0.15) is 36.2 Å². The van der Waals surface area contributed by atoms with Crippen molar-refractivity contribution in [3.63, 3.8) is 0 Å². The molecular formula is C20H18FNO4. The standard InChI is InChI=1S/C20H18FNO4/c1-14(11-23)12-24-17-6-2-15(3-7-17)20-10-19(26-22-20)13-25-18-8-4-16(21)5-9-18/h2-11,23H,12-13H2,1H3/b14-11+. The summed E-state index contributed by atoms with van der Waals surface area (Å²) >= 11 is 0. The molecule has 0 atom stereocenters. The second-order valence-corrected chi connectivity index (χ2v) is 5.71. The summed E-state index contributed by atoms with van der Waals surface area (Å²) in [7, 11) is 0. The smallest absolute Gasteiger partial charge is 0.174 e. The predicted molar refractivity (Wildman–Crippen MR) is 94.6 cm³/mol. The van der Waals surface area contributed by atoms with E-state index in [-0.39, 0.29) is 12.4 Å². The van der Waals surface area contributed by atoms with E-state index in [4.69, 9.17) is 19.1 Å². The normalized spacial score (nSPS) is 11.4. The number of aliphatic hydroxyl groups excluding tert-OH is 1. The van der Waals surface area contributed by atoms with Gasteiger partial charge in [-0.15, -0.1) is 0 Å². The quantitative estimate of drug-likeness (QED) is 0.611. The van der Waals surface area contributed by atoms with Gasteiger partial charge < -0.3 is 19.1 Å². The van der Waals surface area contributed by atoms with E-state index in [1.54, 1.807) is 25.1 Å². The first-order valence-corrected chi connectivity index (χ1v) is 8.01. The lowest BCUT2D eigenvalue weighted by molar-refractivity contribution is 0.249. The molecular weight excluding hydrogens is 337 g/mol. The first-order valence-electron chi connectivity index (χ1n) is 8.01. The zero-order valence-electron chi connectivity index (χ0n) is 14.2. The Balaban J connectivity index is 1.59. The third-order valence-electron chi connectivity index (χ3n) is 3.59. The third-order valence-corrected chi connectivity index (χ3v) is 3.59. The molecule has 0 aliphatic carbocycles. The van der Waals surface area contributed by atoms with Crippen molar-refractivity contribution in [2.45, 2.75) is 13.5 Å². The third kappa shape index (κ3) is 4.63. The highest BCUT2D eigenvalue weighted by molar-refractivity contribution is 5.59. The molecule has 3 aromatic rings. The van der Waals surface area contributed by atoms with Gasteiger partial charge in [-0.2, -0.15) is 0 Å². The van der Waals surface area contributed by atoms with Crippen molar-refractivity contribution in [3.05, 3.63) is 78.0 Å². The van der Waals surface area contributed by atoms with Gasteiger partial charge in [0, 0.05) is 11.6 Å². The zero-order chi connectivity index (χ0) is 18.4. The number of hydrogen-bond donors (Lipinski definition) is 1. The average Bonchev–Trinajstić information content (AvgIpc) is 3.15. The summed E-state index contributed by atoms with van der Waals surface area (Å²) in [6.45, 7) is 2.30. The minimum absolute atomic E-state index is 0.201. The fourth-order valence-corrected chi connectivity index (χ4v) is 2.16. The molecule has 0 amide bonds. The number of halogens is 1. The highest BCUT2D eigenvalue weighted by atomic mass is 19.1. The largest absolute Gasteiger partial charge is 0.516 e. The number of ether oxygens (including phenoxy) is 2. The van der Waals surface area contributed by atoms with Gasteiger partial charge in [0.25, 0.3) is 0 Å². The van der Waals surface area contributed by atoms with Gasteiger partial charge >= 0.3 is 0 Å². The Morgan fingerprint density at radius 1 is 1.08 bits per heavy atom. The molecule has 0 radical (unpaired) electrons. The van der Waals surface area contributed by atoms with Crippen LogP contribution in [0.5, 0.6) is 11.5 Å². The van der Waals surface area contributed by atoms with Crippen molar-refractivity contribution in [2.75, 3.05) is 6.61 Å². The lowest BCUT2D eigenvalue weighted by Gasteiger charge is -2.06. The molecule has 0 unspecified atom stereocenters. The average molecular weight is 355 g/mol. The van der Waals surface area contributed by atoms with Gasteiger partial charge in [0.15, 0.2) is 5.76 Å². The van der Waals surface area contributed by atoms with Gasteiger partial charge in [-0.05, 0) is 61.0 Å². The van der Waals surface area contributed by atoms with Crippen LogP contribution >= 0.6 is 0 Å². The van der Waals surface area contributed by atoms with Gasteiger partial charge in [-0.25, -0.2) is 4.39 Å². The Morgan fingerprint density at radius 2 is 1.73 bits per heavy atom. The SMILES string of the molecule is C/C(=C\O)COc1ccc(-c2cc(COc3ccc(F)cc3)on2)cc1. The second kappa shape index (κ2) is 8.20. The van der Waals surface area contributed by atoms with Crippen molar-refractivity contribution in [3.8, 4) is 22.8 Å².